The summed E-state index contributed by atoms with van der Waals surface area (Å²) in [5.41, 5.74) is 0.839. The number of hydrogen-bond donors (Lipinski definition) is 0. The first-order valence-electron chi connectivity index (χ1n) is 4.81. The van der Waals surface area contributed by atoms with Crippen LogP contribution in [0.15, 0.2) is 11.6 Å². The van der Waals surface area contributed by atoms with Crippen LogP contribution in [0.2, 0.25) is 0 Å². The van der Waals surface area contributed by atoms with Gasteiger partial charge in [0, 0.05) is 0 Å². The van der Waals surface area contributed by atoms with Gasteiger partial charge in [0.1, 0.15) is 6.54 Å². The minimum absolute atomic E-state index is 0. The molecule has 1 heterocycles. The lowest BCUT2D eigenvalue weighted by molar-refractivity contribution is -0.892. The number of halogens is 1. The van der Waals surface area contributed by atoms with E-state index in [4.69, 9.17) is 4.74 Å². The Kier molecular flexibility index (Phi) is 5.37. The fourth-order valence-electron chi connectivity index (χ4n) is 1.48. The zero-order valence-electron chi connectivity index (χ0n) is 9.05. The highest BCUT2D eigenvalue weighted by molar-refractivity contribution is 5.89. The van der Waals surface area contributed by atoms with Crippen molar-refractivity contribution in [2.24, 2.45) is 0 Å². The van der Waals surface area contributed by atoms with E-state index in [1.165, 1.54) is 0 Å². The van der Waals surface area contributed by atoms with Gasteiger partial charge in [0.2, 0.25) is 0 Å². The number of nitrogens with zero attached hydrogens (tertiary/aromatic N) is 1. The lowest BCUT2D eigenvalue weighted by atomic mass is 10.3. The molecule has 0 aliphatic carbocycles. The van der Waals surface area contributed by atoms with Crippen LogP contribution in [0.4, 0.5) is 0 Å². The molecule has 1 aliphatic heterocycles. The van der Waals surface area contributed by atoms with Gasteiger partial charge in [0.15, 0.2) is 0 Å². The average Bonchev–Trinajstić information content (AvgIpc) is 2.50. The van der Waals surface area contributed by atoms with Crippen molar-refractivity contribution in [1.29, 1.82) is 0 Å². The Morgan fingerprint density at radius 3 is 2.64 bits per heavy atom. The standard InChI is InChI=1S/C10H18NO2.BrH/c1-4-11(3)7-6-9(8-11)10(12)13-5-2;/h6H,4-5,7-8H2,1-3H3;1H/q+1;/p-1. The Labute approximate surface area is 96.1 Å². The molecule has 0 aromatic rings. The second-order valence-corrected chi connectivity index (χ2v) is 3.73. The van der Waals surface area contributed by atoms with Crippen molar-refractivity contribution in [3.05, 3.63) is 11.6 Å². The molecule has 0 N–H and O–H groups in total. The summed E-state index contributed by atoms with van der Waals surface area (Å²) in [5.74, 6) is -0.141. The summed E-state index contributed by atoms with van der Waals surface area (Å²) in [7, 11) is 2.16. The molecular weight excluding hydrogens is 246 g/mol. The lowest BCUT2D eigenvalue weighted by Gasteiger charge is -2.27. The quantitative estimate of drug-likeness (QED) is 0.434. The van der Waals surface area contributed by atoms with E-state index in [-0.39, 0.29) is 23.0 Å². The summed E-state index contributed by atoms with van der Waals surface area (Å²) in [4.78, 5) is 11.3. The van der Waals surface area contributed by atoms with Gasteiger partial charge >= 0.3 is 5.97 Å². The fourth-order valence-corrected chi connectivity index (χ4v) is 1.48. The molecule has 0 spiro atoms. The molecule has 0 saturated heterocycles. The Morgan fingerprint density at radius 1 is 1.57 bits per heavy atom. The van der Waals surface area contributed by atoms with Gasteiger partial charge in [-0.1, -0.05) is 0 Å². The smallest absolute Gasteiger partial charge is 0.339 e. The number of rotatable bonds is 3. The second kappa shape index (κ2) is 5.51. The van der Waals surface area contributed by atoms with E-state index in [1.807, 2.05) is 13.0 Å². The molecule has 4 heteroatoms. The van der Waals surface area contributed by atoms with Gasteiger partial charge in [0.05, 0.1) is 32.3 Å². The molecule has 1 unspecified atom stereocenters. The predicted octanol–water partition coefficient (Wildman–Crippen LogP) is -2.04. The zero-order valence-corrected chi connectivity index (χ0v) is 10.6. The van der Waals surface area contributed by atoms with Crippen molar-refractivity contribution in [1.82, 2.24) is 0 Å². The van der Waals surface area contributed by atoms with E-state index < -0.39 is 0 Å². The van der Waals surface area contributed by atoms with E-state index in [1.54, 1.807) is 0 Å². The molecular formula is C10H18BrNO2. The highest BCUT2D eigenvalue weighted by atomic mass is 79.9. The molecule has 0 aromatic heterocycles. The first-order chi connectivity index (χ1) is 6.11. The molecule has 0 saturated carbocycles. The number of carbonyl (C=O) groups excluding carboxylic acids is 1. The van der Waals surface area contributed by atoms with E-state index in [0.29, 0.717) is 6.61 Å². The summed E-state index contributed by atoms with van der Waals surface area (Å²) < 4.78 is 5.87. The maximum absolute atomic E-state index is 11.3. The first kappa shape index (κ1) is 13.7. The molecule has 0 radical (unpaired) electrons. The first-order valence-corrected chi connectivity index (χ1v) is 4.81. The van der Waals surface area contributed by atoms with Gasteiger partial charge in [-0.05, 0) is 19.9 Å². The van der Waals surface area contributed by atoms with E-state index in [2.05, 4.69) is 14.0 Å². The molecule has 0 fully saturated rings. The molecule has 3 nitrogen and oxygen atoms in total. The normalized spacial score (nSPS) is 25.2. The van der Waals surface area contributed by atoms with Crippen molar-refractivity contribution >= 4 is 5.97 Å². The van der Waals surface area contributed by atoms with Crippen molar-refractivity contribution in [3.63, 3.8) is 0 Å². The molecule has 82 valence electrons. The highest BCUT2D eigenvalue weighted by Gasteiger charge is 2.30. The number of hydrogen-bond acceptors (Lipinski definition) is 2. The SMILES string of the molecule is CCOC(=O)C1=CC[N+](C)(CC)C1.[Br-]. The number of esters is 1. The Bertz CT molecular complexity index is 240. The number of carbonyl (C=O) groups is 1. The molecule has 0 bridgehead atoms. The van der Waals surface area contributed by atoms with Crippen molar-refractivity contribution in [2.45, 2.75) is 13.8 Å². The number of likely N-dealkylation sites (N-methyl/N-ethyl adjacent to an activating group) is 1. The Balaban J connectivity index is 0.00000169. The largest absolute Gasteiger partial charge is 1.00 e. The second-order valence-electron chi connectivity index (χ2n) is 3.73. The topological polar surface area (TPSA) is 26.3 Å². The van der Waals surface area contributed by atoms with Crippen molar-refractivity contribution in [3.8, 4) is 0 Å². The lowest BCUT2D eigenvalue weighted by Crippen LogP contribution is -3.00. The number of ether oxygens (including phenoxy) is 1. The minimum atomic E-state index is -0.141. The fraction of sp³-hybridized carbons (Fsp3) is 0.700. The van der Waals surface area contributed by atoms with Gasteiger partial charge in [-0.3, -0.25) is 0 Å². The predicted molar refractivity (Wildman–Crippen MR) is 51.2 cm³/mol. The maximum atomic E-state index is 11.3. The van der Waals surface area contributed by atoms with E-state index in [0.717, 1.165) is 29.7 Å². The Morgan fingerprint density at radius 2 is 2.21 bits per heavy atom. The molecule has 1 rings (SSSR count). The van der Waals surface area contributed by atoms with Crippen LogP contribution in [0.1, 0.15) is 13.8 Å². The van der Waals surface area contributed by atoms with E-state index >= 15 is 0 Å². The average molecular weight is 264 g/mol. The van der Waals surface area contributed by atoms with Gasteiger partial charge < -0.3 is 26.2 Å². The summed E-state index contributed by atoms with van der Waals surface area (Å²) in [6, 6.07) is 0. The van der Waals surface area contributed by atoms with Crippen LogP contribution in [-0.4, -0.2) is 43.7 Å². The number of quaternary nitrogens is 1. The van der Waals surface area contributed by atoms with Gasteiger partial charge in [-0.25, -0.2) is 4.79 Å². The summed E-state index contributed by atoms with van der Waals surface area (Å²) in [5, 5.41) is 0. The molecule has 1 aliphatic rings. The molecule has 14 heavy (non-hydrogen) atoms. The third-order valence-corrected chi connectivity index (χ3v) is 2.63. The summed E-state index contributed by atoms with van der Waals surface area (Å²) in [6.45, 7) is 7.26. The highest BCUT2D eigenvalue weighted by Crippen LogP contribution is 2.16. The van der Waals surface area contributed by atoms with Crippen LogP contribution in [0.25, 0.3) is 0 Å². The van der Waals surface area contributed by atoms with Crippen LogP contribution in [0.3, 0.4) is 0 Å². The maximum Gasteiger partial charge on any atom is 0.339 e. The molecule has 0 amide bonds. The summed E-state index contributed by atoms with van der Waals surface area (Å²) >= 11 is 0. The van der Waals surface area contributed by atoms with Crippen LogP contribution in [-0.2, 0) is 9.53 Å². The third kappa shape index (κ3) is 3.10. The summed E-state index contributed by atoms with van der Waals surface area (Å²) in [6.07, 6.45) is 2.00. The van der Waals surface area contributed by atoms with Crippen LogP contribution >= 0.6 is 0 Å². The van der Waals surface area contributed by atoms with Crippen molar-refractivity contribution < 1.29 is 31.0 Å². The third-order valence-electron chi connectivity index (χ3n) is 2.63. The molecule has 0 aromatic carbocycles. The van der Waals surface area contributed by atoms with Crippen LogP contribution < -0.4 is 17.0 Å². The van der Waals surface area contributed by atoms with Gasteiger partial charge in [0.25, 0.3) is 0 Å². The zero-order chi connectivity index (χ0) is 9.90. The Hall–Kier alpha value is -0.350. The molecule has 1 atom stereocenters. The van der Waals surface area contributed by atoms with Gasteiger partial charge in [-0.2, -0.15) is 0 Å². The minimum Gasteiger partial charge on any atom is -1.00 e. The van der Waals surface area contributed by atoms with Crippen molar-refractivity contribution in [2.75, 3.05) is 33.3 Å². The van der Waals surface area contributed by atoms with Crippen LogP contribution in [0.5, 0.6) is 0 Å². The van der Waals surface area contributed by atoms with Crippen LogP contribution in [0, 0.1) is 0 Å². The van der Waals surface area contributed by atoms with Gasteiger partial charge in [-0.15, -0.1) is 0 Å². The monoisotopic (exact) mass is 263 g/mol. The van der Waals surface area contributed by atoms with E-state index in [9.17, 15) is 4.79 Å².